The molecule has 2 heterocycles. The van der Waals surface area contributed by atoms with Gasteiger partial charge in [0.15, 0.2) is 0 Å². The van der Waals surface area contributed by atoms with Crippen LogP contribution in [0.4, 0.5) is 0 Å². The maximum atomic E-state index is 6.48. The zero-order valence-electron chi connectivity index (χ0n) is 14.5. The summed E-state index contributed by atoms with van der Waals surface area (Å²) < 4.78 is 9.11. The first-order valence-electron chi connectivity index (χ1n) is 8.72. The molecule has 0 unspecified atom stereocenters. The highest BCUT2D eigenvalue weighted by atomic mass is 32.3. The Morgan fingerprint density at radius 3 is 2.21 bits per heavy atom. The molecule has 0 spiro atoms. The van der Waals surface area contributed by atoms with Gasteiger partial charge in [-0.1, -0.05) is 36.4 Å². The van der Waals surface area contributed by atoms with Gasteiger partial charge in [0, 0.05) is 18.3 Å². The highest BCUT2D eigenvalue weighted by molar-refractivity contribution is 8.33. The van der Waals surface area contributed by atoms with Gasteiger partial charge in [0.2, 0.25) is 0 Å². The monoisotopic (exact) mass is 359 g/mol. The average molecular weight is 359 g/mol. The number of fused-ring (bicyclic) bond motifs is 1. The molecule has 2 nitrogen and oxygen atoms in total. The quantitative estimate of drug-likeness (QED) is 0.683. The van der Waals surface area contributed by atoms with E-state index in [2.05, 4.69) is 78.3 Å². The van der Waals surface area contributed by atoms with E-state index >= 15 is 0 Å². The van der Waals surface area contributed by atoms with Crippen LogP contribution < -0.4 is 0 Å². The van der Waals surface area contributed by atoms with E-state index in [1.165, 1.54) is 29.2 Å². The van der Waals surface area contributed by atoms with Gasteiger partial charge in [0.05, 0.1) is 6.10 Å². The summed E-state index contributed by atoms with van der Waals surface area (Å²) in [6, 6.07) is 22.8. The van der Waals surface area contributed by atoms with Crippen molar-refractivity contribution in [3.63, 3.8) is 0 Å². The van der Waals surface area contributed by atoms with E-state index in [0.717, 1.165) is 5.75 Å². The van der Waals surface area contributed by atoms with Crippen molar-refractivity contribution in [2.75, 3.05) is 25.2 Å². The van der Waals surface area contributed by atoms with Gasteiger partial charge in [0.1, 0.15) is 8.30 Å². The van der Waals surface area contributed by atoms with E-state index in [9.17, 15) is 0 Å². The Morgan fingerprint density at radius 1 is 1.04 bits per heavy atom. The summed E-state index contributed by atoms with van der Waals surface area (Å²) in [5, 5.41) is 0. The third kappa shape index (κ3) is 2.93. The minimum absolute atomic E-state index is 0.379. The summed E-state index contributed by atoms with van der Waals surface area (Å²) in [7, 11) is -1.47. The smallest absolute Gasteiger partial charge is 0.101 e. The number of hydrogen-bond acceptors (Lipinski definition) is 2. The second-order valence-corrected chi connectivity index (χ2v) is 12.0. The third-order valence-electron chi connectivity index (χ3n) is 5.37. The van der Waals surface area contributed by atoms with Crippen LogP contribution in [0.1, 0.15) is 12.8 Å². The molecule has 24 heavy (non-hydrogen) atoms. The molecule has 2 saturated heterocycles. The van der Waals surface area contributed by atoms with Gasteiger partial charge in [-0.05, 0) is 59.8 Å². The highest BCUT2D eigenvalue weighted by Gasteiger charge is 2.45. The third-order valence-corrected chi connectivity index (χ3v) is 10.8. The molecule has 0 aromatic heterocycles. The SMILES string of the molecule is C[P@@]1O[C@H](CS(C)(c2ccccc2)c2ccccc2)[C@@H]2CCCN21. The molecule has 0 aliphatic carbocycles. The summed E-state index contributed by atoms with van der Waals surface area (Å²) >= 11 is 0. The second-order valence-electron chi connectivity index (χ2n) is 6.86. The lowest BCUT2D eigenvalue weighted by Crippen LogP contribution is -2.32. The van der Waals surface area contributed by atoms with Crippen molar-refractivity contribution in [1.29, 1.82) is 0 Å². The van der Waals surface area contributed by atoms with Crippen LogP contribution in [-0.4, -0.2) is 42.0 Å². The second kappa shape index (κ2) is 6.80. The maximum Gasteiger partial charge on any atom is 0.101 e. The number of hydrogen-bond donors (Lipinski definition) is 0. The lowest BCUT2D eigenvalue weighted by atomic mass is 10.1. The van der Waals surface area contributed by atoms with E-state index in [1.807, 2.05) is 0 Å². The van der Waals surface area contributed by atoms with Crippen molar-refractivity contribution in [2.45, 2.75) is 34.8 Å². The zero-order valence-corrected chi connectivity index (χ0v) is 16.2. The Hall–Kier alpha value is -0.860. The lowest BCUT2D eigenvalue weighted by molar-refractivity contribution is 0.236. The Bertz CT molecular complexity index is 641. The van der Waals surface area contributed by atoms with Gasteiger partial charge in [-0.2, -0.15) is 10.0 Å². The van der Waals surface area contributed by atoms with Crippen molar-refractivity contribution in [3.05, 3.63) is 60.7 Å². The van der Waals surface area contributed by atoms with Crippen LogP contribution in [0.15, 0.2) is 70.5 Å². The summed E-state index contributed by atoms with van der Waals surface area (Å²) in [5.74, 6) is 1.13. The topological polar surface area (TPSA) is 12.5 Å². The summed E-state index contributed by atoms with van der Waals surface area (Å²) in [6.07, 6.45) is 5.48. The van der Waals surface area contributed by atoms with Crippen molar-refractivity contribution >= 4 is 18.3 Å². The molecule has 2 aliphatic rings. The Labute approximate surface area is 148 Å². The van der Waals surface area contributed by atoms with Crippen LogP contribution in [-0.2, 0) is 4.52 Å². The van der Waals surface area contributed by atoms with Crippen LogP contribution in [0.3, 0.4) is 0 Å². The van der Waals surface area contributed by atoms with E-state index in [4.69, 9.17) is 4.52 Å². The van der Waals surface area contributed by atoms with Crippen LogP contribution in [0, 0.1) is 0 Å². The molecule has 2 fully saturated rings. The fourth-order valence-corrected chi connectivity index (χ4v) is 9.13. The van der Waals surface area contributed by atoms with Crippen LogP contribution in [0.2, 0.25) is 0 Å². The first kappa shape index (κ1) is 16.6. The number of rotatable bonds is 4. The van der Waals surface area contributed by atoms with Crippen LogP contribution >= 0.6 is 18.3 Å². The largest absolute Gasteiger partial charge is 0.338 e. The van der Waals surface area contributed by atoms with E-state index in [0.29, 0.717) is 12.1 Å². The van der Waals surface area contributed by atoms with E-state index in [1.54, 1.807) is 0 Å². The van der Waals surface area contributed by atoms with Crippen molar-refractivity contribution in [1.82, 2.24) is 4.67 Å². The molecule has 4 heteroatoms. The first-order valence-corrected chi connectivity index (χ1v) is 12.6. The zero-order chi connectivity index (χ0) is 16.6. The number of benzene rings is 2. The summed E-state index contributed by atoms with van der Waals surface area (Å²) in [4.78, 5) is 2.94. The van der Waals surface area contributed by atoms with E-state index < -0.39 is 10.0 Å². The molecule has 4 rings (SSSR count). The molecule has 2 aromatic rings. The molecule has 3 atom stereocenters. The van der Waals surface area contributed by atoms with Gasteiger partial charge < -0.3 is 4.52 Å². The molecule has 0 amide bonds. The molecular formula is C20H26NOPS. The molecule has 0 N–H and O–H groups in total. The van der Waals surface area contributed by atoms with Crippen LogP contribution in [0.5, 0.6) is 0 Å². The Balaban J connectivity index is 1.69. The highest BCUT2D eigenvalue weighted by Crippen LogP contribution is 2.63. The minimum atomic E-state index is -1.08. The molecule has 2 aromatic carbocycles. The van der Waals surface area contributed by atoms with Crippen LogP contribution in [0.25, 0.3) is 0 Å². The molecule has 0 radical (unpaired) electrons. The molecule has 0 saturated carbocycles. The average Bonchev–Trinajstić information content (AvgIpc) is 3.22. The molecule has 2 aliphatic heterocycles. The number of nitrogens with zero attached hydrogens (tertiary/aromatic N) is 1. The Kier molecular flexibility index (Phi) is 4.70. The molecule has 0 bridgehead atoms. The normalized spacial score (nSPS) is 28.0. The van der Waals surface area contributed by atoms with Crippen molar-refractivity contribution < 1.29 is 4.52 Å². The van der Waals surface area contributed by atoms with Gasteiger partial charge in [-0.25, -0.2) is 0 Å². The molecular weight excluding hydrogens is 333 g/mol. The fraction of sp³-hybridized carbons (Fsp3) is 0.400. The predicted molar refractivity (Wildman–Crippen MR) is 105 cm³/mol. The van der Waals surface area contributed by atoms with Crippen molar-refractivity contribution in [2.24, 2.45) is 0 Å². The Morgan fingerprint density at radius 2 is 1.62 bits per heavy atom. The predicted octanol–water partition coefficient (Wildman–Crippen LogP) is 5.34. The minimum Gasteiger partial charge on any atom is -0.338 e. The van der Waals surface area contributed by atoms with Gasteiger partial charge in [-0.3, -0.25) is 4.67 Å². The van der Waals surface area contributed by atoms with Gasteiger partial charge in [-0.15, -0.1) is 0 Å². The lowest BCUT2D eigenvalue weighted by Gasteiger charge is -2.39. The fourth-order valence-electron chi connectivity index (χ4n) is 4.07. The molecule has 128 valence electrons. The maximum absolute atomic E-state index is 6.48. The van der Waals surface area contributed by atoms with Crippen molar-refractivity contribution in [3.8, 4) is 0 Å². The van der Waals surface area contributed by atoms with Gasteiger partial charge in [0.25, 0.3) is 0 Å². The summed E-state index contributed by atoms with van der Waals surface area (Å²) in [6.45, 7) is 3.51. The van der Waals surface area contributed by atoms with E-state index in [-0.39, 0.29) is 8.30 Å². The first-order chi connectivity index (χ1) is 11.7. The summed E-state index contributed by atoms with van der Waals surface area (Å²) in [5.41, 5.74) is 0. The standard InChI is InChI=1S/C20H26NOPS/c1-23-21-15-9-14-19(21)20(22-23)16-24(2,17-10-5-3-6-11-17)18-12-7-4-8-13-18/h3-8,10-13,19-20H,9,14-16H2,1-2H3/t19-,20+,23+/m0/s1. The van der Waals surface area contributed by atoms with Gasteiger partial charge >= 0.3 is 0 Å².